The maximum Gasteiger partial charge on any atom is 0.327 e. The first-order chi connectivity index (χ1) is 58.2. The van der Waals surface area contributed by atoms with Gasteiger partial charge in [-0.1, -0.05) is 64.4 Å². The van der Waals surface area contributed by atoms with E-state index >= 15 is 0 Å². The molecule has 0 aromatic heterocycles. The Morgan fingerprint density at radius 2 is 0.780 bits per heavy atom. The summed E-state index contributed by atoms with van der Waals surface area (Å²) in [6, 6.07) is -14.2. The molecule has 0 bridgehead atoms. The second-order valence-corrected chi connectivity index (χ2v) is 30.1. The first-order valence-electron chi connectivity index (χ1n) is 39.2. The fourth-order valence-electron chi connectivity index (χ4n) is 11.1. The number of thioether (sulfide) groups is 1. The number of thiol groups is 2. The molecule has 0 unspecified atom stereocenters. The molecule has 0 saturated heterocycles. The lowest BCUT2D eigenvalue weighted by Gasteiger charge is -2.29. The summed E-state index contributed by atoms with van der Waals surface area (Å²) in [7, 11) is 0. The number of nitrogens with two attached hydrogens (primary N) is 4. The fourth-order valence-corrected chi connectivity index (χ4v) is 11.9. The maximum absolute atomic E-state index is 14.5. The van der Waals surface area contributed by atoms with Gasteiger partial charge in [-0.15, -0.1) is 0 Å². The highest BCUT2D eigenvalue weighted by Gasteiger charge is 2.39. The average molecular weight is 1800 g/mol. The van der Waals surface area contributed by atoms with Gasteiger partial charge in [-0.3, -0.25) is 92.3 Å². The van der Waals surface area contributed by atoms with Crippen molar-refractivity contribution in [2.75, 3.05) is 89.2 Å². The van der Waals surface area contributed by atoms with Crippen LogP contribution in [0, 0.1) is 22.7 Å². The van der Waals surface area contributed by atoms with Gasteiger partial charge in [0, 0.05) is 31.0 Å². The first-order valence-corrected chi connectivity index (χ1v) is 41.8. The summed E-state index contributed by atoms with van der Waals surface area (Å²) < 4.78 is 0. The SMILES string of the molecule is CC[C@H](C)[C@H](NC(=O)[C@H](CCCNC(=N)N)NC(=O)[C@H](CC(=O)O)NC(=O)[C@H](CCSC)NC(=O)[C@H](CCCCN)NC(=O)[C@H](CCCNC(=N)N)NC(=O)CNC(=O)[C@H](Cc1ccccc1)NC(=O)[C@@H](N)CS)C(=O)N[C@@H](CO)C(=O)N[C@@H](CO)C(=O)N[C@@H](CO)C(=O)N[C@@H](CO)C(=O)NCC(=O)N[C@@H](CC(C)C)C(=O)NCC(=O)N[C@@H](CS)C(=O)O. The Labute approximate surface area is 724 Å². The third kappa shape index (κ3) is 44.1. The highest BCUT2D eigenvalue weighted by molar-refractivity contribution is 7.98. The van der Waals surface area contributed by atoms with Crippen molar-refractivity contribution >= 4 is 155 Å². The molecule has 48 nitrogen and oxygen atoms in total. The smallest absolute Gasteiger partial charge is 0.327 e. The summed E-state index contributed by atoms with van der Waals surface area (Å²) in [6.45, 7) is -0.613. The molecule has 16 amide bonds. The van der Waals surface area contributed by atoms with E-state index in [1.807, 2.05) is 10.6 Å². The van der Waals surface area contributed by atoms with Gasteiger partial charge < -0.3 is 149 Å². The highest BCUT2D eigenvalue weighted by atomic mass is 32.2. The van der Waals surface area contributed by atoms with Crippen molar-refractivity contribution in [3.63, 3.8) is 0 Å². The standard InChI is InChI=1S/C72H122N24O24S3/c1-6-37(4)56(69(118)95-50(33-100)68(117)94-49(32-99)67(116)93-48(31-98)66(115)92-47(30-97)60(109)83-28-53(102)85-44(24-36(2)3)58(107)81-29-54(103)86-51(35-122)70(119)120)96-64(113)42(18-13-22-80-72(77)78)88-65(114)46(26-55(104)105)91-63(112)43(19-23-123-5)89-62(111)41(16-10-11-20-73)87-61(110)40(17-12-21-79-71(75)76)84-52(101)27-82-59(108)45(90-57(106)39(74)34-121)25-38-14-8-7-9-15-38/h7-9,14-15,36-37,39-51,56,97-100,121-122H,6,10-13,16-35,73-74H2,1-5H3,(H,81,107)(H,82,108)(H,83,109)(H,84,101)(H,85,102)(H,86,103)(H,87,110)(H,88,114)(H,89,111)(H,90,106)(H,91,112)(H,92,115)(H,93,116)(H,94,117)(H,95,118)(H,96,113)(H,104,105)(H,119,120)(H4,75,76,79)(H4,77,78,80)/t37-,39-,40-,41-,42-,43-,44-,45-,46-,47-,48-,49-,50-,51-,56-/m0/s1. The van der Waals surface area contributed by atoms with Gasteiger partial charge >= 0.3 is 11.9 Å². The number of rotatable bonds is 62. The van der Waals surface area contributed by atoms with E-state index in [4.69, 9.17) is 38.9 Å². The van der Waals surface area contributed by atoms with Crippen molar-refractivity contribution in [3.8, 4) is 0 Å². The fraction of sp³-hybridized carbons (Fsp3) is 0.639. The zero-order valence-electron chi connectivity index (χ0n) is 68.9. The number of hydrogen-bond acceptors (Lipinski definition) is 29. The van der Waals surface area contributed by atoms with Crippen molar-refractivity contribution < 1.29 is 117 Å². The number of aliphatic hydroxyl groups is 4. The molecule has 0 fully saturated rings. The molecule has 0 saturated carbocycles. The molecule has 0 spiro atoms. The van der Waals surface area contributed by atoms with Crippen LogP contribution in [0.3, 0.4) is 0 Å². The number of carbonyl (C=O) groups excluding carboxylic acids is 16. The quantitative estimate of drug-likeness (QED) is 0.0125. The van der Waals surface area contributed by atoms with Crippen LogP contribution < -0.4 is 119 Å². The van der Waals surface area contributed by atoms with Crippen LogP contribution in [0.25, 0.3) is 0 Å². The van der Waals surface area contributed by atoms with E-state index in [1.54, 1.807) is 57.4 Å². The maximum atomic E-state index is 14.5. The van der Waals surface area contributed by atoms with Crippen LogP contribution in [-0.4, -0.2) is 323 Å². The molecular formula is C72H122N24O24S3. The molecule has 0 radical (unpaired) electrons. The summed E-state index contributed by atoms with van der Waals surface area (Å²) in [4.78, 5) is 242. The van der Waals surface area contributed by atoms with Crippen molar-refractivity contribution in [1.29, 1.82) is 10.8 Å². The van der Waals surface area contributed by atoms with E-state index in [2.05, 4.69) is 110 Å². The summed E-state index contributed by atoms with van der Waals surface area (Å²) in [6.07, 6.45) is 0.346. The van der Waals surface area contributed by atoms with E-state index in [9.17, 15) is 112 Å². The Kier molecular flexibility index (Phi) is 54.1. The van der Waals surface area contributed by atoms with Crippen LogP contribution >= 0.6 is 37.0 Å². The molecule has 123 heavy (non-hydrogen) atoms. The van der Waals surface area contributed by atoms with E-state index < -0.39 is 261 Å². The molecule has 1 rings (SSSR count). The number of unbranched alkanes of at least 4 members (excludes halogenated alkanes) is 1. The molecule has 0 heterocycles. The van der Waals surface area contributed by atoms with Crippen molar-refractivity contribution in [1.82, 2.24) is 95.7 Å². The molecule has 51 heteroatoms. The lowest BCUT2D eigenvalue weighted by Crippen LogP contribution is -2.62. The number of aliphatic carboxylic acids is 2. The average Bonchev–Trinajstić information content (AvgIpc) is 0.877. The van der Waals surface area contributed by atoms with Gasteiger partial charge in [0.1, 0.15) is 78.5 Å². The van der Waals surface area contributed by atoms with E-state index in [0.29, 0.717) is 12.0 Å². The van der Waals surface area contributed by atoms with Crippen molar-refractivity contribution in [3.05, 3.63) is 35.9 Å². The molecular weight excluding hydrogens is 1680 g/mol. The second-order valence-electron chi connectivity index (χ2n) is 28.4. The zero-order valence-corrected chi connectivity index (χ0v) is 71.6. The third-order valence-corrected chi connectivity index (χ3v) is 19.4. The molecule has 0 aliphatic carbocycles. The number of carbonyl (C=O) groups is 18. The number of nitrogens with one attached hydrogen (secondary N) is 20. The molecule has 1 aromatic rings. The Morgan fingerprint density at radius 3 is 1.18 bits per heavy atom. The Bertz CT molecular complexity index is 3700. The van der Waals surface area contributed by atoms with Gasteiger partial charge in [-0.05, 0) is 93.7 Å². The highest BCUT2D eigenvalue weighted by Crippen LogP contribution is 2.14. The Morgan fingerprint density at radius 1 is 0.423 bits per heavy atom. The predicted octanol–water partition coefficient (Wildman–Crippen LogP) is -11.9. The zero-order chi connectivity index (χ0) is 93.0. The molecule has 15 atom stereocenters. The molecule has 0 aliphatic rings. The number of carboxylic acid groups (broad SMARTS) is 2. The first kappa shape index (κ1) is 110. The third-order valence-electron chi connectivity index (χ3n) is 18.0. The number of benzene rings is 1. The van der Waals surface area contributed by atoms with Crippen molar-refractivity contribution in [2.45, 2.75) is 189 Å². The van der Waals surface area contributed by atoms with Gasteiger partial charge in [0.15, 0.2) is 11.9 Å². The monoisotopic (exact) mass is 1800 g/mol. The summed E-state index contributed by atoms with van der Waals surface area (Å²) in [5.41, 5.74) is 23.2. The minimum atomic E-state index is -2.04. The predicted molar refractivity (Wildman–Crippen MR) is 451 cm³/mol. The lowest BCUT2D eigenvalue weighted by atomic mass is 9.97. The number of carboxylic acids is 2. The molecule has 692 valence electrons. The van der Waals surface area contributed by atoms with Crippen LogP contribution in [0.5, 0.6) is 0 Å². The minimum absolute atomic E-state index is 0.0125. The van der Waals surface area contributed by atoms with Crippen LogP contribution in [0.2, 0.25) is 0 Å². The van der Waals surface area contributed by atoms with Crippen LogP contribution in [0.4, 0.5) is 0 Å². The number of amides is 16. The topological polar surface area (TPSA) is 797 Å². The summed E-state index contributed by atoms with van der Waals surface area (Å²) >= 11 is 9.11. The van der Waals surface area contributed by atoms with Gasteiger partial charge in [-0.25, -0.2) is 4.79 Å². The number of guanidine groups is 2. The van der Waals surface area contributed by atoms with E-state index in [-0.39, 0.29) is 107 Å². The van der Waals surface area contributed by atoms with Gasteiger partial charge in [0.25, 0.3) is 0 Å². The summed E-state index contributed by atoms with van der Waals surface area (Å²) in [5, 5.41) is 118. The van der Waals surface area contributed by atoms with Gasteiger partial charge in [0.2, 0.25) is 94.5 Å². The Hall–Kier alpha value is -11.0. The van der Waals surface area contributed by atoms with Gasteiger partial charge in [0.05, 0.1) is 58.5 Å². The van der Waals surface area contributed by atoms with E-state index in [1.165, 1.54) is 18.7 Å². The largest absolute Gasteiger partial charge is 0.481 e. The normalized spacial score (nSPS) is 14.6. The van der Waals surface area contributed by atoms with Crippen LogP contribution in [0.15, 0.2) is 30.3 Å². The van der Waals surface area contributed by atoms with Gasteiger partial charge in [-0.2, -0.15) is 37.0 Å². The molecule has 0 aliphatic heterocycles. The molecule has 1 aromatic carbocycles. The lowest BCUT2D eigenvalue weighted by molar-refractivity contribution is -0.142. The minimum Gasteiger partial charge on any atom is -0.481 e. The Balaban J connectivity index is 3.48. The van der Waals surface area contributed by atoms with Crippen LogP contribution in [0.1, 0.15) is 104 Å². The van der Waals surface area contributed by atoms with Crippen LogP contribution in [-0.2, 0) is 92.7 Å². The molecule has 34 N–H and O–H groups in total. The number of hydrogen-bond donors (Lipinski definition) is 32. The summed E-state index contributed by atoms with van der Waals surface area (Å²) in [5.74, 6) is -22.3. The second kappa shape index (κ2) is 60.5. The van der Waals surface area contributed by atoms with Crippen molar-refractivity contribution in [2.24, 2.45) is 34.8 Å². The number of aliphatic hydroxyl groups excluding tert-OH is 4. The van der Waals surface area contributed by atoms with E-state index in [0.717, 1.165) is 0 Å².